The molecule has 0 bridgehead atoms. The molecule has 0 unspecified atom stereocenters. The Labute approximate surface area is 196 Å². The zero-order valence-electron chi connectivity index (χ0n) is 20.8. The molecular formula is C23H39N5O5. The van der Waals surface area contributed by atoms with Gasteiger partial charge >= 0.3 is 6.03 Å². The van der Waals surface area contributed by atoms with Crippen LogP contribution in [0.4, 0.5) is 4.79 Å². The lowest BCUT2D eigenvalue weighted by Crippen LogP contribution is -2.57. The fourth-order valence-electron chi connectivity index (χ4n) is 3.86. The Kier molecular flexibility index (Phi) is 8.13. The van der Waals surface area contributed by atoms with Crippen molar-refractivity contribution in [3.05, 3.63) is 0 Å². The van der Waals surface area contributed by atoms with Gasteiger partial charge < -0.3 is 26.2 Å². The molecule has 2 aliphatic rings. The number of hydrogen-bond donors (Lipinski definition) is 4. The second-order valence-corrected chi connectivity index (χ2v) is 11.0. The van der Waals surface area contributed by atoms with Crippen molar-refractivity contribution in [2.24, 2.45) is 5.41 Å². The maximum atomic E-state index is 13.3. The number of nitrogens with zero attached hydrogens (tertiary/aromatic N) is 1. The lowest BCUT2D eigenvalue weighted by atomic mass is 9.90. The predicted molar refractivity (Wildman–Crippen MR) is 123 cm³/mol. The third kappa shape index (κ3) is 7.71. The van der Waals surface area contributed by atoms with E-state index in [4.69, 9.17) is 0 Å². The topological polar surface area (TPSA) is 137 Å². The summed E-state index contributed by atoms with van der Waals surface area (Å²) in [5, 5.41) is 10.7. The van der Waals surface area contributed by atoms with Gasteiger partial charge in [0.2, 0.25) is 17.6 Å². The number of carbonyl (C=O) groups is 5. The fourth-order valence-corrected chi connectivity index (χ4v) is 3.86. The summed E-state index contributed by atoms with van der Waals surface area (Å²) >= 11 is 0. The molecule has 3 atom stereocenters. The average Bonchev–Trinajstić information content (AvgIpc) is 3.43. The normalized spacial score (nSPS) is 21.5. The zero-order chi connectivity index (χ0) is 25.1. The van der Waals surface area contributed by atoms with Crippen LogP contribution in [-0.2, 0) is 19.2 Å². The first kappa shape index (κ1) is 26.6. The van der Waals surface area contributed by atoms with Crippen molar-refractivity contribution in [1.82, 2.24) is 26.2 Å². The highest BCUT2D eigenvalue weighted by molar-refractivity contribution is 6.38. The van der Waals surface area contributed by atoms with Crippen LogP contribution in [0.3, 0.4) is 0 Å². The van der Waals surface area contributed by atoms with Crippen LogP contribution in [0.25, 0.3) is 0 Å². The number of nitrogens with one attached hydrogen (secondary N) is 4. The van der Waals surface area contributed by atoms with Crippen molar-refractivity contribution in [1.29, 1.82) is 0 Å². The molecule has 5 amide bonds. The van der Waals surface area contributed by atoms with Gasteiger partial charge in [0.25, 0.3) is 5.91 Å². The van der Waals surface area contributed by atoms with Crippen LogP contribution in [0.2, 0.25) is 0 Å². The molecule has 0 aromatic rings. The van der Waals surface area contributed by atoms with E-state index in [0.29, 0.717) is 19.4 Å². The van der Waals surface area contributed by atoms with Gasteiger partial charge in [-0.05, 0) is 58.8 Å². The summed E-state index contributed by atoms with van der Waals surface area (Å²) in [5.74, 6) is -2.25. The first-order chi connectivity index (χ1) is 15.1. The van der Waals surface area contributed by atoms with Crippen molar-refractivity contribution in [3.8, 4) is 0 Å². The lowest BCUT2D eigenvalue weighted by molar-refractivity contribution is -0.142. The van der Waals surface area contributed by atoms with Crippen LogP contribution in [0.1, 0.15) is 74.1 Å². The standard InChI is InChI=1S/C23H39N5O5/c1-8-15(26-21(33)27-22(3,4)5)20(32)28-12-23(6,7)11-16(28)18(30)24-13(2)17(29)19(31)25-14-9-10-14/h13-16H,8-12H2,1-7H3,(H,24,30)(H,25,31)(H2,26,27,33)/t13-,15-,16-/m0/s1. The highest BCUT2D eigenvalue weighted by Crippen LogP contribution is 2.34. The number of likely N-dealkylation sites (tertiary alicyclic amines) is 1. The largest absolute Gasteiger partial charge is 0.347 e. The third-order valence-corrected chi connectivity index (χ3v) is 5.69. The van der Waals surface area contributed by atoms with Crippen LogP contribution in [0.5, 0.6) is 0 Å². The minimum Gasteiger partial charge on any atom is -0.347 e. The van der Waals surface area contributed by atoms with E-state index in [0.717, 1.165) is 12.8 Å². The molecule has 186 valence electrons. The molecule has 1 saturated carbocycles. The minimum atomic E-state index is -1.01. The molecule has 0 aromatic carbocycles. The fraction of sp³-hybridized carbons (Fsp3) is 0.783. The van der Waals surface area contributed by atoms with Crippen LogP contribution in [0.15, 0.2) is 0 Å². The molecular weight excluding hydrogens is 426 g/mol. The van der Waals surface area contributed by atoms with Gasteiger partial charge in [-0.3, -0.25) is 19.2 Å². The summed E-state index contributed by atoms with van der Waals surface area (Å²) in [6.45, 7) is 13.0. The summed E-state index contributed by atoms with van der Waals surface area (Å²) in [5.41, 5.74) is -0.780. The number of rotatable bonds is 8. The van der Waals surface area contributed by atoms with Gasteiger partial charge in [0, 0.05) is 18.1 Å². The van der Waals surface area contributed by atoms with E-state index in [-0.39, 0.29) is 17.4 Å². The van der Waals surface area contributed by atoms with E-state index in [1.807, 2.05) is 34.6 Å². The smallest absolute Gasteiger partial charge is 0.315 e. The second kappa shape index (κ2) is 10.1. The Balaban J connectivity index is 2.07. The van der Waals surface area contributed by atoms with Gasteiger partial charge in [-0.2, -0.15) is 0 Å². The average molecular weight is 466 g/mol. The minimum absolute atomic E-state index is 0.0436. The summed E-state index contributed by atoms with van der Waals surface area (Å²) in [7, 11) is 0. The van der Waals surface area contributed by atoms with E-state index < -0.39 is 47.3 Å². The molecule has 10 heteroatoms. The number of hydrogen-bond acceptors (Lipinski definition) is 5. The van der Waals surface area contributed by atoms with Crippen molar-refractivity contribution in [3.63, 3.8) is 0 Å². The van der Waals surface area contributed by atoms with Gasteiger partial charge in [0.15, 0.2) is 0 Å². The van der Waals surface area contributed by atoms with Gasteiger partial charge in [-0.25, -0.2) is 4.79 Å². The van der Waals surface area contributed by atoms with Crippen molar-refractivity contribution in [2.75, 3.05) is 6.54 Å². The molecule has 1 aliphatic heterocycles. The van der Waals surface area contributed by atoms with Gasteiger partial charge in [0.05, 0.1) is 6.04 Å². The zero-order valence-corrected chi connectivity index (χ0v) is 20.8. The van der Waals surface area contributed by atoms with E-state index >= 15 is 0 Å². The summed E-state index contributed by atoms with van der Waals surface area (Å²) in [6.07, 6.45) is 2.48. The van der Waals surface area contributed by atoms with E-state index in [1.165, 1.54) is 11.8 Å². The Morgan fingerprint density at radius 1 is 1.06 bits per heavy atom. The molecule has 1 aliphatic carbocycles. The molecule has 0 radical (unpaired) electrons. The number of amides is 5. The van der Waals surface area contributed by atoms with Gasteiger partial charge in [0.1, 0.15) is 12.1 Å². The molecule has 33 heavy (non-hydrogen) atoms. The predicted octanol–water partition coefficient (Wildman–Crippen LogP) is 0.842. The summed E-state index contributed by atoms with van der Waals surface area (Å²) in [6, 6.07) is -3.00. The maximum Gasteiger partial charge on any atom is 0.315 e. The summed E-state index contributed by atoms with van der Waals surface area (Å²) < 4.78 is 0. The van der Waals surface area contributed by atoms with E-state index in [9.17, 15) is 24.0 Å². The molecule has 0 spiro atoms. The molecule has 1 saturated heterocycles. The summed E-state index contributed by atoms with van der Waals surface area (Å²) in [4.78, 5) is 64.5. The Hall–Kier alpha value is -2.65. The molecule has 4 N–H and O–H groups in total. The van der Waals surface area contributed by atoms with Crippen molar-refractivity contribution >= 4 is 29.5 Å². The first-order valence-corrected chi connectivity index (χ1v) is 11.7. The monoisotopic (exact) mass is 465 g/mol. The van der Waals surface area contributed by atoms with Crippen LogP contribution in [-0.4, -0.2) is 70.7 Å². The van der Waals surface area contributed by atoms with Crippen LogP contribution in [0, 0.1) is 5.41 Å². The molecule has 2 rings (SSSR count). The highest BCUT2D eigenvalue weighted by Gasteiger charge is 2.45. The first-order valence-electron chi connectivity index (χ1n) is 11.7. The number of ketones is 1. The molecule has 10 nitrogen and oxygen atoms in total. The third-order valence-electron chi connectivity index (χ3n) is 5.69. The Morgan fingerprint density at radius 2 is 1.67 bits per heavy atom. The number of urea groups is 1. The highest BCUT2D eigenvalue weighted by atomic mass is 16.2. The van der Waals surface area contributed by atoms with Gasteiger partial charge in [-0.15, -0.1) is 0 Å². The van der Waals surface area contributed by atoms with E-state index in [1.54, 1.807) is 6.92 Å². The second-order valence-electron chi connectivity index (χ2n) is 11.0. The maximum absolute atomic E-state index is 13.3. The Bertz CT molecular complexity index is 800. The number of carbonyl (C=O) groups excluding carboxylic acids is 5. The van der Waals surface area contributed by atoms with Gasteiger partial charge in [-0.1, -0.05) is 20.8 Å². The molecule has 0 aromatic heterocycles. The van der Waals surface area contributed by atoms with Crippen molar-refractivity contribution < 1.29 is 24.0 Å². The number of Topliss-reactive ketones (excluding diaryl/α,β-unsaturated/α-hetero) is 1. The molecule has 2 fully saturated rings. The molecule has 1 heterocycles. The SMILES string of the molecule is CC[C@H](NC(=O)NC(C)(C)C)C(=O)N1CC(C)(C)C[C@H]1C(=O)N[C@@H](C)C(=O)C(=O)NC1CC1. The quantitative estimate of drug-likeness (QED) is 0.394. The Morgan fingerprint density at radius 3 is 2.18 bits per heavy atom. The van der Waals surface area contributed by atoms with E-state index in [2.05, 4.69) is 21.3 Å². The van der Waals surface area contributed by atoms with Crippen molar-refractivity contribution in [2.45, 2.75) is 104 Å². The van der Waals surface area contributed by atoms with Crippen LogP contribution >= 0.6 is 0 Å². The van der Waals surface area contributed by atoms with Crippen LogP contribution < -0.4 is 21.3 Å². The lowest BCUT2D eigenvalue weighted by Gasteiger charge is -2.30.